The average molecular weight is 886 g/mol. The summed E-state index contributed by atoms with van der Waals surface area (Å²) in [6, 6.07) is 17.1. The molecule has 1 aliphatic carbocycles. The van der Waals surface area contributed by atoms with E-state index >= 15 is 0 Å². The lowest BCUT2D eigenvalue weighted by atomic mass is 9.72. The second-order valence-electron chi connectivity index (χ2n) is 17.7. The highest BCUT2D eigenvalue weighted by molar-refractivity contribution is 7.90. The van der Waals surface area contributed by atoms with E-state index in [1.54, 1.807) is 49.5 Å². The second-order valence-corrected chi connectivity index (χ2v) is 19.4. The molecule has 2 fully saturated rings. The lowest BCUT2D eigenvalue weighted by molar-refractivity contribution is -0.137. The first-order valence-corrected chi connectivity index (χ1v) is 22.9. The molecular formula is C47H54F3N7O5S. The van der Waals surface area contributed by atoms with E-state index in [-0.39, 0.29) is 27.3 Å². The minimum absolute atomic E-state index is 0.00864. The third-order valence-electron chi connectivity index (χ3n) is 12.4. The number of allylic oxidation sites excluding steroid dienone is 1. The van der Waals surface area contributed by atoms with E-state index in [2.05, 4.69) is 43.7 Å². The fraction of sp³-hybridized carbons (Fsp3) is 0.404. The predicted octanol–water partition coefficient (Wildman–Crippen LogP) is 9.01. The zero-order chi connectivity index (χ0) is 44.5. The van der Waals surface area contributed by atoms with E-state index in [0.29, 0.717) is 54.8 Å². The smallest absolute Gasteiger partial charge is 0.416 e. The molecule has 1 atom stereocenters. The van der Waals surface area contributed by atoms with Gasteiger partial charge in [-0.3, -0.25) is 9.69 Å². The molecule has 334 valence electrons. The van der Waals surface area contributed by atoms with Crippen molar-refractivity contribution >= 4 is 49.6 Å². The molecule has 3 aromatic carbocycles. The minimum atomic E-state index is -4.40. The van der Waals surface area contributed by atoms with Gasteiger partial charge in [0.25, 0.3) is 15.9 Å². The third kappa shape index (κ3) is 10.3. The van der Waals surface area contributed by atoms with Crippen LogP contribution in [0.5, 0.6) is 11.5 Å². The van der Waals surface area contributed by atoms with Crippen LogP contribution in [0.15, 0.2) is 89.6 Å². The lowest BCUT2D eigenvalue weighted by Crippen LogP contribution is -2.47. The van der Waals surface area contributed by atoms with Gasteiger partial charge in [-0.2, -0.15) is 13.2 Å². The van der Waals surface area contributed by atoms with E-state index in [1.807, 2.05) is 6.07 Å². The van der Waals surface area contributed by atoms with Gasteiger partial charge in [0.05, 0.1) is 40.2 Å². The number of nitrogens with two attached hydrogens (primary N) is 1. The van der Waals surface area contributed by atoms with E-state index in [9.17, 15) is 26.4 Å². The van der Waals surface area contributed by atoms with Crippen LogP contribution in [-0.2, 0) is 20.9 Å². The SMILES string of the molecule is Cc1cc(C(F)(F)F)ccc1C1=C(CN2CCN(c3ccc(C(=O)NS(=O)(=O)c4ccc(NC[C@@H]5CCCOC5)c(N)c4)c(Oc4cnc5[nH]ccc5c4)c3)CC2)CCC(C)(C)C1. The van der Waals surface area contributed by atoms with Crippen LogP contribution in [-0.4, -0.2) is 81.7 Å². The van der Waals surface area contributed by atoms with Crippen LogP contribution < -0.4 is 25.4 Å². The topological polar surface area (TPSA) is 155 Å². The van der Waals surface area contributed by atoms with Crippen molar-refractivity contribution < 1.29 is 35.9 Å². The number of nitrogens with one attached hydrogen (secondary N) is 3. The Hall–Kier alpha value is -5.58. The molecule has 5 N–H and O–H groups in total. The number of carbonyl (C=O) groups excluding carboxylic acids is 1. The third-order valence-corrected chi connectivity index (χ3v) is 13.8. The van der Waals surface area contributed by atoms with Crippen LogP contribution in [0, 0.1) is 18.3 Å². The van der Waals surface area contributed by atoms with Crippen molar-refractivity contribution in [1.29, 1.82) is 0 Å². The van der Waals surface area contributed by atoms with E-state index in [4.69, 9.17) is 15.2 Å². The Kier molecular flexibility index (Phi) is 12.5. The van der Waals surface area contributed by atoms with Gasteiger partial charge >= 0.3 is 6.18 Å². The van der Waals surface area contributed by atoms with Crippen molar-refractivity contribution in [3.63, 3.8) is 0 Å². The maximum Gasteiger partial charge on any atom is 0.416 e. The van der Waals surface area contributed by atoms with Crippen LogP contribution in [0.3, 0.4) is 0 Å². The first kappa shape index (κ1) is 44.0. The van der Waals surface area contributed by atoms with E-state index in [0.717, 1.165) is 80.6 Å². The number of pyridine rings is 1. The maximum atomic E-state index is 13.9. The largest absolute Gasteiger partial charge is 0.455 e. The number of H-pyrrole nitrogens is 1. The van der Waals surface area contributed by atoms with Gasteiger partial charge in [0.2, 0.25) is 0 Å². The predicted molar refractivity (Wildman–Crippen MR) is 240 cm³/mol. The van der Waals surface area contributed by atoms with Gasteiger partial charge in [0.1, 0.15) is 17.1 Å². The number of piperazine rings is 1. The summed E-state index contributed by atoms with van der Waals surface area (Å²) in [5.41, 5.74) is 11.9. The number of nitrogen functional groups attached to an aromatic ring is 1. The summed E-state index contributed by atoms with van der Waals surface area (Å²) in [5.74, 6) is -0.0373. The van der Waals surface area contributed by atoms with Crippen LogP contribution in [0.25, 0.3) is 16.6 Å². The van der Waals surface area contributed by atoms with Gasteiger partial charge in [0, 0.05) is 69.2 Å². The number of anilines is 3. The number of fused-ring (bicyclic) bond motifs is 1. The highest BCUT2D eigenvalue weighted by Crippen LogP contribution is 2.45. The van der Waals surface area contributed by atoms with Crippen LogP contribution in [0.1, 0.15) is 73.0 Å². The summed E-state index contributed by atoms with van der Waals surface area (Å²) in [6.45, 7) is 11.7. The second kappa shape index (κ2) is 17.9. The molecule has 2 aromatic heterocycles. The zero-order valence-electron chi connectivity index (χ0n) is 35.8. The molecule has 0 bridgehead atoms. The van der Waals surface area contributed by atoms with Crippen molar-refractivity contribution in [2.45, 2.75) is 63.9 Å². The van der Waals surface area contributed by atoms with Gasteiger partial charge in [0.15, 0.2) is 0 Å². The number of rotatable bonds is 12. The highest BCUT2D eigenvalue weighted by Gasteiger charge is 2.33. The zero-order valence-corrected chi connectivity index (χ0v) is 36.6. The lowest BCUT2D eigenvalue weighted by Gasteiger charge is -2.39. The van der Waals surface area contributed by atoms with Crippen molar-refractivity contribution in [3.8, 4) is 11.5 Å². The fourth-order valence-corrected chi connectivity index (χ4v) is 9.82. The molecule has 63 heavy (non-hydrogen) atoms. The van der Waals surface area contributed by atoms with Gasteiger partial charge in [-0.15, -0.1) is 0 Å². The molecule has 0 spiro atoms. The molecule has 8 rings (SSSR count). The van der Waals surface area contributed by atoms with Crippen molar-refractivity contribution in [2.75, 3.05) is 68.4 Å². The number of halogens is 3. The van der Waals surface area contributed by atoms with Gasteiger partial charge in [-0.05, 0) is 122 Å². The number of aryl methyl sites for hydroxylation is 1. The summed E-state index contributed by atoms with van der Waals surface area (Å²) in [6.07, 6.45) is 3.58. The molecule has 0 unspecified atom stereocenters. The Morgan fingerprint density at radius 3 is 2.59 bits per heavy atom. The number of amides is 1. The van der Waals surface area contributed by atoms with Crippen molar-refractivity contribution in [2.24, 2.45) is 11.3 Å². The maximum absolute atomic E-state index is 13.9. The first-order chi connectivity index (χ1) is 30.0. The molecule has 0 saturated carbocycles. The number of alkyl halides is 3. The Balaban J connectivity index is 0.991. The average Bonchev–Trinajstić information content (AvgIpc) is 3.72. The first-order valence-electron chi connectivity index (χ1n) is 21.4. The number of hydrogen-bond acceptors (Lipinski definition) is 10. The number of hydrogen-bond donors (Lipinski definition) is 4. The molecule has 12 nitrogen and oxygen atoms in total. The highest BCUT2D eigenvalue weighted by atomic mass is 32.2. The van der Waals surface area contributed by atoms with E-state index in [1.165, 1.54) is 36.0 Å². The molecular weight excluding hydrogens is 832 g/mol. The number of ether oxygens (including phenoxy) is 2. The number of nitrogens with zero attached hydrogens (tertiary/aromatic N) is 3. The number of aromatic nitrogens is 2. The summed E-state index contributed by atoms with van der Waals surface area (Å²) in [7, 11) is -4.35. The summed E-state index contributed by atoms with van der Waals surface area (Å²) < 4.78 is 82.0. The molecule has 2 aliphatic heterocycles. The van der Waals surface area contributed by atoms with Crippen LogP contribution >= 0.6 is 0 Å². The number of aromatic amines is 1. The molecule has 5 aromatic rings. The van der Waals surface area contributed by atoms with E-state index < -0.39 is 27.7 Å². The molecule has 0 radical (unpaired) electrons. The molecule has 3 aliphatic rings. The summed E-state index contributed by atoms with van der Waals surface area (Å²) in [4.78, 5) is 25.8. The molecule has 2 saturated heterocycles. The minimum Gasteiger partial charge on any atom is -0.455 e. The monoisotopic (exact) mass is 885 g/mol. The fourth-order valence-electron chi connectivity index (χ4n) is 8.81. The van der Waals surface area contributed by atoms with Gasteiger partial charge < -0.3 is 30.4 Å². The standard InChI is InChI=1S/C47H54F3N7O5S/c1-30-21-34(47(48,49)50)6-9-38(30)40-25-46(2,3)14-12-33(40)28-56-16-18-57(19-17-56)35-7-10-39(43(23-35)62-36-22-32-13-15-52-44(32)54-27-36)45(58)55-63(59,60)37-8-11-42(41(51)24-37)53-26-31-5-4-20-61-29-31/h6-11,13,15,21-24,27,31,53H,4-5,12,14,16-20,25-26,28-29,51H2,1-3H3,(H,52,54)(H,55,58)/t31-/m0/s1. The number of sulfonamides is 1. The van der Waals surface area contributed by atoms with Crippen molar-refractivity contribution in [1.82, 2.24) is 19.6 Å². The Morgan fingerprint density at radius 2 is 1.86 bits per heavy atom. The Bertz CT molecular complexity index is 2630. The summed E-state index contributed by atoms with van der Waals surface area (Å²) >= 11 is 0. The normalized spacial score (nSPS) is 18.7. The van der Waals surface area contributed by atoms with Gasteiger partial charge in [-0.1, -0.05) is 25.5 Å². The molecule has 1 amide bonds. The Labute approximate surface area is 366 Å². The molecule has 4 heterocycles. The Morgan fingerprint density at radius 1 is 1.05 bits per heavy atom. The van der Waals surface area contributed by atoms with Gasteiger partial charge in [-0.25, -0.2) is 18.1 Å². The van der Waals surface area contributed by atoms with Crippen molar-refractivity contribution in [3.05, 3.63) is 107 Å². The number of carbonyl (C=O) groups is 1. The van der Waals surface area contributed by atoms with Crippen LogP contribution in [0.2, 0.25) is 0 Å². The van der Waals surface area contributed by atoms with Crippen LogP contribution in [0.4, 0.5) is 30.2 Å². The number of benzene rings is 3. The summed E-state index contributed by atoms with van der Waals surface area (Å²) in [5, 5.41) is 4.09. The quantitative estimate of drug-likeness (QED) is 0.0893. The molecule has 16 heteroatoms.